The van der Waals surface area contributed by atoms with Gasteiger partial charge in [0.25, 0.3) is 0 Å². The van der Waals surface area contributed by atoms with Gasteiger partial charge in [0.1, 0.15) is 5.82 Å². The van der Waals surface area contributed by atoms with E-state index in [-0.39, 0.29) is 11.1 Å². The average molecular weight is 298 g/mol. The number of nitrogens with one attached hydrogen (secondary N) is 1. The smallest absolute Gasteiger partial charge is 0.313 e. The van der Waals surface area contributed by atoms with E-state index in [1.807, 2.05) is 6.92 Å². The van der Waals surface area contributed by atoms with E-state index in [2.05, 4.69) is 10.3 Å². The molecule has 0 aliphatic heterocycles. The molecule has 2 rings (SSSR count). The molecule has 0 radical (unpaired) electrons. The Hall–Kier alpha value is -1.95. The molecular formula is C15H14F4N2. The van der Waals surface area contributed by atoms with E-state index >= 15 is 0 Å². The first-order valence-corrected chi connectivity index (χ1v) is 6.44. The molecule has 0 unspecified atom stereocenters. The summed E-state index contributed by atoms with van der Waals surface area (Å²) in [6.45, 7) is 2.91. The monoisotopic (exact) mass is 298 g/mol. The Labute approximate surface area is 119 Å². The second-order valence-corrected chi connectivity index (χ2v) is 4.50. The van der Waals surface area contributed by atoms with Gasteiger partial charge in [-0.1, -0.05) is 13.0 Å². The van der Waals surface area contributed by atoms with Crippen molar-refractivity contribution in [3.8, 4) is 11.1 Å². The lowest BCUT2D eigenvalue weighted by molar-refractivity contribution is -0.137. The number of nitrogens with zero attached hydrogens (tertiary/aromatic N) is 1. The van der Waals surface area contributed by atoms with E-state index in [4.69, 9.17) is 0 Å². The minimum atomic E-state index is -4.51. The Bertz CT molecular complexity index is 623. The van der Waals surface area contributed by atoms with Crippen LogP contribution in [0.15, 0.2) is 36.7 Å². The molecule has 1 heterocycles. The molecule has 0 atom stereocenters. The van der Waals surface area contributed by atoms with Gasteiger partial charge < -0.3 is 5.32 Å². The lowest BCUT2D eigenvalue weighted by Crippen LogP contribution is -2.14. The molecule has 2 aromatic rings. The van der Waals surface area contributed by atoms with Crippen LogP contribution in [0.3, 0.4) is 0 Å². The summed E-state index contributed by atoms with van der Waals surface area (Å²) in [7, 11) is 0. The lowest BCUT2D eigenvalue weighted by Gasteiger charge is -2.15. The number of pyridine rings is 1. The first kappa shape index (κ1) is 15.4. The lowest BCUT2D eigenvalue weighted by atomic mass is 9.96. The van der Waals surface area contributed by atoms with Crippen LogP contribution in [0.1, 0.15) is 18.1 Å². The van der Waals surface area contributed by atoms with Crippen LogP contribution < -0.4 is 5.32 Å². The average Bonchev–Trinajstić information content (AvgIpc) is 2.45. The van der Waals surface area contributed by atoms with Crippen LogP contribution in [0.5, 0.6) is 0 Å². The molecule has 1 aromatic heterocycles. The Balaban J connectivity index is 2.58. The highest BCUT2D eigenvalue weighted by atomic mass is 19.4. The van der Waals surface area contributed by atoms with Crippen LogP contribution in [-0.2, 0) is 12.7 Å². The van der Waals surface area contributed by atoms with Crippen molar-refractivity contribution in [2.75, 3.05) is 6.54 Å². The maximum atomic E-state index is 13.5. The van der Waals surface area contributed by atoms with E-state index in [1.165, 1.54) is 12.1 Å². The van der Waals surface area contributed by atoms with Gasteiger partial charge in [0.15, 0.2) is 0 Å². The van der Waals surface area contributed by atoms with Crippen molar-refractivity contribution >= 4 is 0 Å². The fourth-order valence-electron chi connectivity index (χ4n) is 2.07. The summed E-state index contributed by atoms with van der Waals surface area (Å²) in [5, 5.41) is 3.03. The molecule has 0 saturated carbocycles. The van der Waals surface area contributed by atoms with Crippen molar-refractivity contribution in [3.05, 3.63) is 53.6 Å². The number of alkyl halides is 3. The van der Waals surface area contributed by atoms with Gasteiger partial charge in [-0.25, -0.2) is 4.39 Å². The number of hydrogen-bond acceptors (Lipinski definition) is 2. The van der Waals surface area contributed by atoms with Gasteiger partial charge in [0.2, 0.25) is 0 Å². The Morgan fingerprint density at radius 3 is 2.57 bits per heavy atom. The number of hydrogen-bond donors (Lipinski definition) is 1. The quantitative estimate of drug-likeness (QED) is 0.863. The van der Waals surface area contributed by atoms with Crippen molar-refractivity contribution in [2.24, 2.45) is 0 Å². The normalized spacial score (nSPS) is 11.7. The molecule has 6 heteroatoms. The SMILES string of the molecule is CCNCc1ccc(F)cc1-c1cnccc1C(F)(F)F. The van der Waals surface area contributed by atoms with Crippen LogP contribution in [0, 0.1) is 5.82 Å². The Morgan fingerprint density at radius 1 is 1.14 bits per heavy atom. The fourth-order valence-corrected chi connectivity index (χ4v) is 2.07. The van der Waals surface area contributed by atoms with Crippen molar-refractivity contribution < 1.29 is 17.6 Å². The molecule has 0 aliphatic rings. The van der Waals surface area contributed by atoms with Gasteiger partial charge in [-0.05, 0) is 35.9 Å². The maximum absolute atomic E-state index is 13.5. The van der Waals surface area contributed by atoms with Crippen molar-refractivity contribution in [3.63, 3.8) is 0 Å². The van der Waals surface area contributed by atoms with Gasteiger partial charge >= 0.3 is 6.18 Å². The molecular weight excluding hydrogens is 284 g/mol. The molecule has 0 fully saturated rings. The summed E-state index contributed by atoms with van der Waals surface area (Å²) in [4.78, 5) is 3.74. The largest absolute Gasteiger partial charge is 0.417 e. The number of aromatic nitrogens is 1. The summed E-state index contributed by atoms with van der Waals surface area (Å²) in [6.07, 6.45) is -2.32. The van der Waals surface area contributed by atoms with Crippen LogP contribution in [-0.4, -0.2) is 11.5 Å². The predicted molar refractivity (Wildman–Crippen MR) is 72.0 cm³/mol. The summed E-state index contributed by atoms with van der Waals surface area (Å²) in [6, 6.07) is 4.73. The van der Waals surface area contributed by atoms with Crippen LogP contribution in [0.25, 0.3) is 11.1 Å². The zero-order valence-electron chi connectivity index (χ0n) is 11.3. The molecule has 0 bridgehead atoms. The molecule has 2 nitrogen and oxygen atoms in total. The minimum absolute atomic E-state index is 0.114. The summed E-state index contributed by atoms with van der Waals surface area (Å²) in [5.41, 5.74) is -0.133. The van der Waals surface area contributed by atoms with E-state index in [9.17, 15) is 17.6 Å². The van der Waals surface area contributed by atoms with E-state index < -0.39 is 17.6 Å². The van der Waals surface area contributed by atoms with Gasteiger partial charge in [-0.3, -0.25) is 4.98 Å². The highest BCUT2D eigenvalue weighted by Gasteiger charge is 2.34. The zero-order chi connectivity index (χ0) is 15.5. The summed E-state index contributed by atoms with van der Waals surface area (Å²) < 4.78 is 52.7. The van der Waals surface area contributed by atoms with Crippen LogP contribution >= 0.6 is 0 Å². The topological polar surface area (TPSA) is 24.9 Å². The minimum Gasteiger partial charge on any atom is -0.313 e. The molecule has 0 saturated heterocycles. The molecule has 0 amide bonds. The first-order chi connectivity index (χ1) is 9.93. The van der Waals surface area contributed by atoms with Gasteiger partial charge in [0, 0.05) is 24.5 Å². The molecule has 21 heavy (non-hydrogen) atoms. The molecule has 0 spiro atoms. The number of halogens is 4. The highest BCUT2D eigenvalue weighted by Crippen LogP contribution is 2.37. The van der Waals surface area contributed by atoms with E-state index in [1.54, 1.807) is 0 Å². The second kappa shape index (κ2) is 6.22. The van der Waals surface area contributed by atoms with Crippen LogP contribution in [0.4, 0.5) is 17.6 Å². The molecule has 0 aliphatic carbocycles. The number of benzene rings is 1. The van der Waals surface area contributed by atoms with Crippen molar-refractivity contribution in [1.29, 1.82) is 0 Å². The molecule has 112 valence electrons. The second-order valence-electron chi connectivity index (χ2n) is 4.50. The highest BCUT2D eigenvalue weighted by molar-refractivity contribution is 5.70. The zero-order valence-corrected chi connectivity index (χ0v) is 11.3. The Morgan fingerprint density at radius 2 is 1.90 bits per heavy atom. The van der Waals surface area contributed by atoms with Crippen LogP contribution in [0.2, 0.25) is 0 Å². The molecule has 1 aromatic carbocycles. The molecule has 1 N–H and O–H groups in total. The maximum Gasteiger partial charge on any atom is 0.417 e. The first-order valence-electron chi connectivity index (χ1n) is 6.44. The summed E-state index contributed by atoms with van der Waals surface area (Å²) >= 11 is 0. The van der Waals surface area contributed by atoms with E-state index in [0.717, 1.165) is 24.5 Å². The standard InChI is InChI=1S/C15H14F4N2/c1-2-20-8-10-3-4-11(16)7-12(10)13-9-21-6-5-14(13)15(17,18)19/h3-7,9,20H,2,8H2,1H3. The van der Waals surface area contributed by atoms with Gasteiger partial charge in [0.05, 0.1) is 5.56 Å². The van der Waals surface area contributed by atoms with Crippen molar-refractivity contribution in [1.82, 2.24) is 10.3 Å². The van der Waals surface area contributed by atoms with Gasteiger partial charge in [-0.2, -0.15) is 13.2 Å². The fraction of sp³-hybridized carbons (Fsp3) is 0.267. The third kappa shape index (κ3) is 3.58. The third-order valence-corrected chi connectivity index (χ3v) is 3.05. The van der Waals surface area contributed by atoms with E-state index in [0.29, 0.717) is 18.7 Å². The predicted octanol–water partition coefficient (Wildman–Crippen LogP) is 4.02. The van der Waals surface area contributed by atoms with Crippen molar-refractivity contribution in [2.45, 2.75) is 19.6 Å². The summed E-state index contributed by atoms with van der Waals surface area (Å²) in [5.74, 6) is -0.581. The third-order valence-electron chi connectivity index (χ3n) is 3.05. The Kier molecular flexibility index (Phi) is 4.57. The number of rotatable bonds is 4. The van der Waals surface area contributed by atoms with Gasteiger partial charge in [-0.15, -0.1) is 0 Å².